The van der Waals surface area contributed by atoms with Crippen LogP contribution in [-0.2, 0) is 10.0 Å². The predicted octanol–water partition coefficient (Wildman–Crippen LogP) is 1.49. The van der Waals surface area contributed by atoms with E-state index in [2.05, 4.69) is 10.0 Å². The number of benzene rings is 1. The molecule has 0 aromatic heterocycles. The van der Waals surface area contributed by atoms with Gasteiger partial charge in [-0.1, -0.05) is 0 Å². The molecule has 0 aliphatic carbocycles. The summed E-state index contributed by atoms with van der Waals surface area (Å²) in [7, 11) is -2.52. The van der Waals surface area contributed by atoms with Gasteiger partial charge < -0.3 is 11.1 Å². The first-order valence-electron chi connectivity index (χ1n) is 5.33. The molecule has 0 atom stereocenters. The van der Waals surface area contributed by atoms with Crippen LogP contribution in [0.15, 0.2) is 23.1 Å². The lowest BCUT2D eigenvalue weighted by molar-refractivity contribution is -0.117. The van der Waals surface area contributed by atoms with E-state index >= 15 is 0 Å². The topological polar surface area (TPSA) is 84.2 Å². The summed E-state index contributed by atoms with van der Waals surface area (Å²) in [5, 5.41) is 2.06. The highest BCUT2D eigenvalue weighted by Gasteiger charge is 2.40. The van der Waals surface area contributed by atoms with Gasteiger partial charge >= 0.3 is 12.3 Å². The number of nitrogens with one attached hydrogen (secondary N) is 2. The molecule has 4 N–H and O–H groups in total. The van der Waals surface area contributed by atoms with Crippen LogP contribution in [0.4, 0.5) is 28.9 Å². The van der Waals surface area contributed by atoms with Gasteiger partial charge in [-0.05, 0) is 25.2 Å². The second kappa shape index (κ2) is 5.83. The average molecular weight is 315 g/mol. The molecule has 20 heavy (non-hydrogen) atoms. The Hall–Kier alpha value is -1.55. The van der Waals surface area contributed by atoms with Crippen molar-refractivity contribution in [3.8, 4) is 0 Å². The van der Waals surface area contributed by atoms with Gasteiger partial charge in [-0.2, -0.15) is 8.78 Å². The van der Waals surface area contributed by atoms with Crippen molar-refractivity contribution in [3.63, 3.8) is 0 Å². The lowest BCUT2D eigenvalue weighted by Gasteiger charge is -2.17. The van der Waals surface area contributed by atoms with Crippen molar-refractivity contribution in [1.82, 2.24) is 4.72 Å². The molecule has 0 radical (unpaired) electrons. The van der Waals surface area contributed by atoms with Gasteiger partial charge in [-0.3, -0.25) is 0 Å². The molecule has 0 spiro atoms. The fourth-order valence-electron chi connectivity index (χ4n) is 1.28. The van der Waals surface area contributed by atoms with Crippen molar-refractivity contribution in [2.75, 3.05) is 24.6 Å². The summed E-state index contributed by atoms with van der Waals surface area (Å²) in [6.07, 6.45) is -3.81. The third-order valence-corrected chi connectivity index (χ3v) is 3.85. The first-order chi connectivity index (χ1) is 9.10. The molecule has 0 aliphatic heterocycles. The molecule has 1 aromatic carbocycles. The summed E-state index contributed by atoms with van der Waals surface area (Å²) in [6.45, 7) is -1.31. The molecule has 0 heterocycles. The normalized spacial score (nSPS) is 12.7. The molecular formula is C10H13F4N3O2S. The number of hydrogen-bond acceptors (Lipinski definition) is 4. The molecule has 5 nitrogen and oxygen atoms in total. The van der Waals surface area contributed by atoms with E-state index in [9.17, 15) is 26.0 Å². The zero-order valence-corrected chi connectivity index (χ0v) is 11.1. The summed E-state index contributed by atoms with van der Waals surface area (Å²) >= 11 is 0. The first-order valence-corrected chi connectivity index (χ1v) is 6.81. The third-order valence-electron chi connectivity index (χ3n) is 2.44. The Bertz CT molecular complexity index is 578. The Morgan fingerprint density at radius 2 is 1.95 bits per heavy atom. The van der Waals surface area contributed by atoms with Crippen LogP contribution < -0.4 is 15.8 Å². The van der Waals surface area contributed by atoms with Gasteiger partial charge in [0.15, 0.2) is 0 Å². The average Bonchev–Trinajstić information content (AvgIpc) is 2.37. The first kappa shape index (κ1) is 16.5. The molecule has 0 fully saturated rings. The number of sulfonamides is 1. The van der Waals surface area contributed by atoms with Crippen molar-refractivity contribution in [2.45, 2.75) is 17.2 Å². The van der Waals surface area contributed by atoms with Crippen LogP contribution in [0.5, 0.6) is 0 Å². The molecule has 1 aromatic rings. The highest BCUT2D eigenvalue weighted by molar-refractivity contribution is 7.89. The van der Waals surface area contributed by atoms with Crippen LogP contribution in [-0.4, -0.2) is 34.4 Å². The van der Waals surface area contributed by atoms with Crippen LogP contribution >= 0.6 is 0 Å². The summed E-state index contributed by atoms with van der Waals surface area (Å²) in [4.78, 5) is -0.163. The van der Waals surface area contributed by atoms with Gasteiger partial charge in [0.2, 0.25) is 10.0 Å². The van der Waals surface area contributed by atoms with Crippen LogP contribution in [0.1, 0.15) is 0 Å². The van der Waals surface area contributed by atoms with Crippen molar-refractivity contribution in [3.05, 3.63) is 18.2 Å². The summed E-state index contributed by atoms with van der Waals surface area (Å²) in [6, 6.07) is 3.28. The molecule has 0 amide bonds. The van der Waals surface area contributed by atoms with Crippen LogP contribution in [0, 0.1) is 0 Å². The molecule has 1 rings (SSSR count). The maximum absolute atomic E-state index is 12.7. The largest absolute Gasteiger partial charge is 0.397 e. The van der Waals surface area contributed by atoms with Crippen molar-refractivity contribution >= 4 is 21.4 Å². The maximum Gasteiger partial charge on any atom is 0.324 e. The minimum Gasteiger partial charge on any atom is -0.397 e. The fraction of sp³-hybridized carbons (Fsp3) is 0.400. The molecular weight excluding hydrogens is 302 g/mol. The monoisotopic (exact) mass is 315 g/mol. The van der Waals surface area contributed by atoms with Gasteiger partial charge in [0.05, 0.1) is 22.8 Å². The van der Waals surface area contributed by atoms with E-state index in [-0.39, 0.29) is 16.3 Å². The highest BCUT2D eigenvalue weighted by Crippen LogP contribution is 2.26. The van der Waals surface area contributed by atoms with Crippen LogP contribution in [0.25, 0.3) is 0 Å². The van der Waals surface area contributed by atoms with Gasteiger partial charge in [0.25, 0.3) is 0 Å². The number of nitrogen functional groups attached to an aromatic ring is 1. The van der Waals surface area contributed by atoms with Crippen LogP contribution in [0.2, 0.25) is 0 Å². The lowest BCUT2D eigenvalue weighted by Crippen LogP contribution is -2.35. The van der Waals surface area contributed by atoms with Gasteiger partial charge in [-0.15, -0.1) is 0 Å². The minimum absolute atomic E-state index is 0.0552. The SMILES string of the molecule is CNS(=O)(=O)c1ccc(NCC(F)(F)C(F)F)c(N)c1. The van der Waals surface area contributed by atoms with Gasteiger partial charge in [0, 0.05) is 0 Å². The maximum atomic E-state index is 12.7. The van der Waals surface area contributed by atoms with E-state index in [1.54, 1.807) is 0 Å². The second-order valence-corrected chi connectivity index (χ2v) is 5.76. The molecule has 0 aliphatic rings. The van der Waals surface area contributed by atoms with Crippen molar-refractivity contribution in [2.24, 2.45) is 0 Å². The lowest BCUT2D eigenvalue weighted by atomic mass is 10.2. The molecule has 10 heteroatoms. The van der Waals surface area contributed by atoms with E-state index in [1.165, 1.54) is 7.05 Å². The van der Waals surface area contributed by atoms with E-state index in [0.717, 1.165) is 18.2 Å². The Morgan fingerprint density at radius 1 is 1.35 bits per heavy atom. The number of hydrogen-bond donors (Lipinski definition) is 3. The molecule has 0 bridgehead atoms. The number of halogens is 4. The zero-order chi connectivity index (χ0) is 15.6. The van der Waals surface area contributed by atoms with E-state index in [4.69, 9.17) is 5.73 Å². The summed E-state index contributed by atoms with van der Waals surface area (Å²) in [5.41, 5.74) is 5.29. The molecule has 0 saturated heterocycles. The van der Waals surface area contributed by atoms with Gasteiger partial charge in [0.1, 0.15) is 0 Å². The highest BCUT2D eigenvalue weighted by atomic mass is 32.2. The smallest absolute Gasteiger partial charge is 0.324 e. The Balaban J connectivity index is 2.90. The molecule has 114 valence electrons. The summed E-state index contributed by atoms with van der Waals surface area (Å²) < 4.78 is 74.4. The third kappa shape index (κ3) is 3.73. The Kier molecular flexibility index (Phi) is 4.81. The van der Waals surface area contributed by atoms with E-state index < -0.39 is 28.9 Å². The standard InChI is InChI=1S/C10H13F4N3O2S/c1-16-20(18,19)6-2-3-8(7(15)4-6)17-5-10(13,14)9(11)12/h2-4,9,16-17H,5,15H2,1H3. The number of rotatable bonds is 6. The predicted molar refractivity (Wildman–Crippen MR) is 66.5 cm³/mol. The number of alkyl halides is 4. The Morgan fingerprint density at radius 3 is 2.40 bits per heavy atom. The van der Waals surface area contributed by atoms with Crippen molar-refractivity contribution < 1.29 is 26.0 Å². The number of nitrogens with two attached hydrogens (primary N) is 1. The minimum atomic E-state index is -4.21. The molecule has 0 unspecified atom stereocenters. The fourth-order valence-corrected chi connectivity index (χ4v) is 2.04. The number of anilines is 2. The van der Waals surface area contributed by atoms with E-state index in [1.807, 2.05) is 0 Å². The van der Waals surface area contributed by atoms with Crippen LogP contribution in [0.3, 0.4) is 0 Å². The molecule has 0 saturated carbocycles. The van der Waals surface area contributed by atoms with Gasteiger partial charge in [-0.25, -0.2) is 21.9 Å². The zero-order valence-electron chi connectivity index (χ0n) is 10.3. The van der Waals surface area contributed by atoms with E-state index in [0.29, 0.717) is 0 Å². The van der Waals surface area contributed by atoms with Crippen molar-refractivity contribution in [1.29, 1.82) is 0 Å². The second-order valence-electron chi connectivity index (χ2n) is 3.87. The summed E-state index contributed by atoms with van der Waals surface area (Å²) in [5.74, 6) is -4.21. The quantitative estimate of drug-likeness (QED) is 0.548. The Labute approximate surface area is 113 Å².